The second-order valence-corrected chi connectivity index (χ2v) is 6.03. The molecule has 0 spiro atoms. The SMILES string of the molecule is CC1CCCC(NCC2(O)CCOCC2)CC1. The Kier molecular flexibility index (Phi) is 4.83. The summed E-state index contributed by atoms with van der Waals surface area (Å²) in [5, 5.41) is 14.0. The van der Waals surface area contributed by atoms with Crippen LogP contribution in [0.1, 0.15) is 51.9 Å². The van der Waals surface area contributed by atoms with Gasteiger partial charge in [-0.05, 0) is 25.2 Å². The molecular weight excluding hydrogens is 214 g/mol. The fourth-order valence-electron chi connectivity index (χ4n) is 2.95. The monoisotopic (exact) mass is 241 g/mol. The first-order valence-electron chi connectivity index (χ1n) is 7.21. The van der Waals surface area contributed by atoms with Gasteiger partial charge in [-0.3, -0.25) is 0 Å². The van der Waals surface area contributed by atoms with Crippen molar-refractivity contribution in [3.8, 4) is 0 Å². The van der Waals surface area contributed by atoms with Gasteiger partial charge in [0.25, 0.3) is 0 Å². The maximum Gasteiger partial charge on any atom is 0.0815 e. The maximum absolute atomic E-state index is 10.4. The lowest BCUT2D eigenvalue weighted by Gasteiger charge is -2.33. The molecule has 1 aliphatic carbocycles. The van der Waals surface area contributed by atoms with Gasteiger partial charge >= 0.3 is 0 Å². The molecule has 0 aromatic carbocycles. The molecular formula is C14H27NO2. The van der Waals surface area contributed by atoms with Crippen molar-refractivity contribution in [2.75, 3.05) is 19.8 Å². The van der Waals surface area contributed by atoms with Crippen molar-refractivity contribution >= 4 is 0 Å². The predicted molar refractivity (Wildman–Crippen MR) is 69.0 cm³/mol. The van der Waals surface area contributed by atoms with E-state index in [1.807, 2.05) is 0 Å². The van der Waals surface area contributed by atoms with Gasteiger partial charge in [0.05, 0.1) is 5.60 Å². The van der Waals surface area contributed by atoms with Crippen LogP contribution in [0.15, 0.2) is 0 Å². The van der Waals surface area contributed by atoms with E-state index in [1.165, 1.54) is 32.1 Å². The first-order chi connectivity index (χ1) is 8.18. The summed E-state index contributed by atoms with van der Waals surface area (Å²) >= 11 is 0. The van der Waals surface area contributed by atoms with Crippen LogP contribution in [0, 0.1) is 5.92 Å². The topological polar surface area (TPSA) is 41.5 Å². The van der Waals surface area contributed by atoms with E-state index in [9.17, 15) is 5.11 Å². The molecule has 1 aliphatic heterocycles. The number of hydrogen-bond acceptors (Lipinski definition) is 3. The van der Waals surface area contributed by atoms with Gasteiger partial charge in [0.2, 0.25) is 0 Å². The van der Waals surface area contributed by atoms with Gasteiger partial charge in [0.1, 0.15) is 0 Å². The van der Waals surface area contributed by atoms with Crippen LogP contribution < -0.4 is 5.32 Å². The van der Waals surface area contributed by atoms with E-state index in [2.05, 4.69) is 12.2 Å². The normalized spacial score (nSPS) is 34.2. The summed E-state index contributed by atoms with van der Waals surface area (Å²) in [4.78, 5) is 0. The standard InChI is InChI=1S/C14H27NO2/c1-12-3-2-4-13(6-5-12)15-11-14(16)7-9-17-10-8-14/h12-13,15-16H,2-11H2,1H3. The lowest BCUT2D eigenvalue weighted by Crippen LogP contribution is -2.47. The smallest absolute Gasteiger partial charge is 0.0815 e. The van der Waals surface area contributed by atoms with E-state index < -0.39 is 5.60 Å². The van der Waals surface area contributed by atoms with Crippen LogP contribution in [-0.2, 0) is 4.74 Å². The van der Waals surface area contributed by atoms with Crippen LogP contribution in [0.25, 0.3) is 0 Å². The molecule has 3 nitrogen and oxygen atoms in total. The fraction of sp³-hybridized carbons (Fsp3) is 1.00. The highest BCUT2D eigenvalue weighted by Crippen LogP contribution is 2.24. The number of nitrogens with one attached hydrogen (secondary N) is 1. The van der Waals surface area contributed by atoms with Gasteiger partial charge in [0, 0.05) is 38.6 Å². The summed E-state index contributed by atoms with van der Waals surface area (Å²) in [6.45, 7) is 4.52. The molecule has 0 bridgehead atoms. The van der Waals surface area contributed by atoms with Gasteiger partial charge in [0.15, 0.2) is 0 Å². The minimum Gasteiger partial charge on any atom is -0.388 e. The molecule has 2 rings (SSSR count). The zero-order chi connectivity index (χ0) is 12.1. The quantitative estimate of drug-likeness (QED) is 0.743. The fourth-order valence-corrected chi connectivity index (χ4v) is 2.95. The molecule has 17 heavy (non-hydrogen) atoms. The van der Waals surface area contributed by atoms with Gasteiger partial charge in [-0.15, -0.1) is 0 Å². The molecule has 0 aromatic rings. The highest BCUT2D eigenvalue weighted by atomic mass is 16.5. The van der Waals surface area contributed by atoms with E-state index in [-0.39, 0.29) is 0 Å². The van der Waals surface area contributed by atoms with Crippen molar-refractivity contribution in [2.24, 2.45) is 5.92 Å². The Morgan fingerprint density at radius 1 is 1.18 bits per heavy atom. The molecule has 2 unspecified atom stereocenters. The van der Waals surface area contributed by atoms with Crippen LogP contribution in [-0.4, -0.2) is 36.5 Å². The minimum absolute atomic E-state index is 0.518. The third kappa shape index (κ3) is 4.23. The Labute approximate surface area is 105 Å². The number of hydrogen-bond donors (Lipinski definition) is 2. The second-order valence-electron chi connectivity index (χ2n) is 6.03. The molecule has 2 aliphatic rings. The van der Waals surface area contributed by atoms with E-state index in [1.54, 1.807) is 0 Å². The van der Waals surface area contributed by atoms with Crippen LogP contribution in [0.4, 0.5) is 0 Å². The number of rotatable bonds is 3. The van der Waals surface area contributed by atoms with Crippen molar-refractivity contribution in [3.63, 3.8) is 0 Å². The second kappa shape index (κ2) is 6.17. The average molecular weight is 241 g/mol. The van der Waals surface area contributed by atoms with E-state index >= 15 is 0 Å². The predicted octanol–water partition coefficient (Wildman–Crippen LogP) is 2.09. The molecule has 3 heteroatoms. The van der Waals surface area contributed by atoms with E-state index in [0.29, 0.717) is 19.3 Å². The first kappa shape index (κ1) is 13.3. The molecule has 1 heterocycles. The molecule has 0 amide bonds. The lowest BCUT2D eigenvalue weighted by atomic mass is 9.93. The Bertz CT molecular complexity index is 226. The number of ether oxygens (including phenoxy) is 1. The van der Waals surface area contributed by atoms with Crippen molar-refractivity contribution < 1.29 is 9.84 Å². The Morgan fingerprint density at radius 2 is 1.94 bits per heavy atom. The van der Waals surface area contributed by atoms with Crippen LogP contribution in [0.2, 0.25) is 0 Å². The van der Waals surface area contributed by atoms with E-state index in [4.69, 9.17) is 4.74 Å². The molecule has 100 valence electrons. The summed E-state index contributed by atoms with van der Waals surface area (Å²) in [6, 6.07) is 0.617. The highest BCUT2D eigenvalue weighted by Gasteiger charge is 2.30. The lowest BCUT2D eigenvalue weighted by molar-refractivity contribution is -0.0629. The van der Waals surface area contributed by atoms with Crippen LogP contribution in [0.3, 0.4) is 0 Å². The third-order valence-electron chi connectivity index (χ3n) is 4.40. The Balaban J connectivity index is 1.73. The minimum atomic E-state index is -0.518. The number of aliphatic hydroxyl groups is 1. The van der Waals surface area contributed by atoms with Crippen molar-refractivity contribution in [2.45, 2.75) is 63.5 Å². The summed E-state index contributed by atoms with van der Waals surface area (Å²) in [5.41, 5.74) is -0.518. The van der Waals surface area contributed by atoms with Crippen LogP contribution in [0.5, 0.6) is 0 Å². The molecule has 0 aromatic heterocycles. The molecule has 2 atom stereocenters. The van der Waals surface area contributed by atoms with Crippen molar-refractivity contribution in [1.82, 2.24) is 5.32 Å². The maximum atomic E-state index is 10.4. The summed E-state index contributed by atoms with van der Waals surface area (Å²) in [7, 11) is 0. The molecule has 2 N–H and O–H groups in total. The van der Waals surface area contributed by atoms with E-state index in [0.717, 1.165) is 25.3 Å². The largest absolute Gasteiger partial charge is 0.388 e. The van der Waals surface area contributed by atoms with Crippen LogP contribution >= 0.6 is 0 Å². The molecule has 0 radical (unpaired) electrons. The van der Waals surface area contributed by atoms with Gasteiger partial charge in [-0.25, -0.2) is 0 Å². The zero-order valence-corrected chi connectivity index (χ0v) is 11.1. The van der Waals surface area contributed by atoms with Crippen molar-refractivity contribution in [3.05, 3.63) is 0 Å². The highest BCUT2D eigenvalue weighted by molar-refractivity contribution is 4.85. The van der Waals surface area contributed by atoms with Gasteiger partial charge in [-0.1, -0.05) is 19.8 Å². The molecule has 1 saturated carbocycles. The summed E-state index contributed by atoms with van der Waals surface area (Å²) in [6.07, 6.45) is 8.15. The summed E-state index contributed by atoms with van der Waals surface area (Å²) in [5.74, 6) is 0.882. The molecule has 2 fully saturated rings. The Morgan fingerprint density at radius 3 is 2.71 bits per heavy atom. The first-order valence-corrected chi connectivity index (χ1v) is 7.21. The summed E-state index contributed by atoms with van der Waals surface area (Å²) < 4.78 is 5.30. The third-order valence-corrected chi connectivity index (χ3v) is 4.40. The Hall–Kier alpha value is -0.120. The van der Waals surface area contributed by atoms with Gasteiger partial charge < -0.3 is 15.2 Å². The average Bonchev–Trinajstić information content (AvgIpc) is 2.53. The van der Waals surface area contributed by atoms with Crippen molar-refractivity contribution in [1.29, 1.82) is 0 Å². The zero-order valence-electron chi connectivity index (χ0n) is 11.1. The molecule has 1 saturated heterocycles. The van der Waals surface area contributed by atoms with Gasteiger partial charge in [-0.2, -0.15) is 0 Å².